The monoisotopic (exact) mass is 614 g/mol. The van der Waals surface area contributed by atoms with Crippen molar-refractivity contribution in [3.8, 4) is 27.9 Å². The molecule has 0 amide bonds. The average Bonchev–Trinajstić information content (AvgIpc) is 3.71. The van der Waals surface area contributed by atoms with E-state index in [9.17, 15) is 8.42 Å². The molecular formula is C30H24ClFN8O2S. The van der Waals surface area contributed by atoms with Gasteiger partial charge in [0, 0.05) is 41.2 Å². The van der Waals surface area contributed by atoms with Crippen LogP contribution in [0.2, 0.25) is 5.02 Å². The zero-order valence-corrected chi connectivity index (χ0v) is 24.3. The smallest absolute Gasteiger partial charge is 0.229 e. The SMILES string of the molecule is CS(=O)(=O)Nc1ccc(-c2cnn(C(Cc3ccccc3)c3ccc(-c4c(-n5cnnn5)ccc(Cl)c4F)cn3)c2)cc1. The van der Waals surface area contributed by atoms with Gasteiger partial charge < -0.3 is 0 Å². The highest BCUT2D eigenvalue weighted by atomic mass is 35.5. The maximum atomic E-state index is 15.3. The molecule has 3 aromatic heterocycles. The molecule has 0 fully saturated rings. The van der Waals surface area contributed by atoms with Crippen LogP contribution in [0.1, 0.15) is 17.3 Å². The molecule has 0 bridgehead atoms. The molecule has 1 atom stereocenters. The zero-order valence-electron chi connectivity index (χ0n) is 22.7. The number of hydrogen-bond donors (Lipinski definition) is 1. The van der Waals surface area contributed by atoms with E-state index in [-0.39, 0.29) is 16.6 Å². The lowest BCUT2D eigenvalue weighted by molar-refractivity contribution is 0.509. The first kappa shape index (κ1) is 28.2. The van der Waals surface area contributed by atoms with Crippen LogP contribution in [0, 0.1) is 5.82 Å². The van der Waals surface area contributed by atoms with Gasteiger partial charge in [-0.3, -0.25) is 14.4 Å². The van der Waals surface area contributed by atoms with Crippen LogP contribution >= 0.6 is 11.6 Å². The van der Waals surface area contributed by atoms with E-state index < -0.39 is 15.8 Å². The molecule has 216 valence electrons. The molecule has 13 heteroatoms. The van der Waals surface area contributed by atoms with Crippen molar-refractivity contribution in [1.29, 1.82) is 0 Å². The summed E-state index contributed by atoms with van der Waals surface area (Å²) in [5.74, 6) is -0.598. The summed E-state index contributed by atoms with van der Waals surface area (Å²) in [7, 11) is -3.37. The molecule has 1 N–H and O–H groups in total. The van der Waals surface area contributed by atoms with Crippen molar-refractivity contribution in [2.75, 3.05) is 11.0 Å². The van der Waals surface area contributed by atoms with Gasteiger partial charge in [0.1, 0.15) is 6.33 Å². The van der Waals surface area contributed by atoms with Crippen molar-refractivity contribution in [3.05, 3.63) is 126 Å². The quantitative estimate of drug-likeness (QED) is 0.226. The molecule has 6 rings (SSSR count). The van der Waals surface area contributed by atoms with Crippen molar-refractivity contribution in [2.24, 2.45) is 0 Å². The van der Waals surface area contributed by atoms with E-state index in [1.54, 1.807) is 36.7 Å². The Morgan fingerprint density at radius 2 is 1.70 bits per heavy atom. The first-order valence-electron chi connectivity index (χ1n) is 13.1. The van der Waals surface area contributed by atoms with Gasteiger partial charge in [-0.05, 0) is 51.9 Å². The fourth-order valence-electron chi connectivity index (χ4n) is 4.80. The number of pyridine rings is 1. The summed E-state index contributed by atoms with van der Waals surface area (Å²) in [6.45, 7) is 0. The largest absolute Gasteiger partial charge is 0.284 e. The highest BCUT2D eigenvalue weighted by Gasteiger charge is 2.21. The van der Waals surface area contributed by atoms with Crippen molar-refractivity contribution < 1.29 is 12.8 Å². The van der Waals surface area contributed by atoms with Gasteiger partial charge in [0.15, 0.2) is 5.82 Å². The van der Waals surface area contributed by atoms with E-state index >= 15 is 4.39 Å². The standard InChI is InChI=1S/C30H24ClFN8O2S/c1-43(41,42)36-24-10-7-21(8-11-24)23-17-35-39(18-23)28(15-20-5-3-2-4-6-20)26-13-9-22(16-33-26)29-27(40-19-34-37-38-40)14-12-25(31)30(29)32/h2-14,16-19,28,36H,15H2,1H3. The van der Waals surface area contributed by atoms with Gasteiger partial charge in [0.05, 0.1) is 34.9 Å². The third-order valence-corrected chi connectivity index (χ3v) is 7.70. The van der Waals surface area contributed by atoms with E-state index in [2.05, 4.69) is 25.3 Å². The number of hydrogen-bond acceptors (Lipinski definition) is 7. The number of aromatic nitrogens is 7. The van der Waals surface area contributed by atoms with Gasteiger partial charge in [0.25, 0.3) is 0 Å². The summed E-state index contributed by atoms with van der Waals surface area (Å²) in [5.41, 5.74) is 5.19. The Bertz CT molecular complexity index is 1970. The second-order valence-electron chi connectivity index (χ2n) is 9.85. The number of halogens is 2. The first-order chi connectivity index (χ1) is 20.7. The molecule has 1 unspecified atom stereocenters. The molecule has 0 saturated carbocycles. The molecule has 0 aliphatic carbocycles. The highest BCUT2D eigenvalue weighted by molar-refractivity contribution is 7.92. The fourth-order valence-corrected chi connectivity index (χ4v) is 5.52. The highest BCUT2D eigenvalue weighted by Crippen LogP contribution is 2.34. The number of nitrogens with one attached hydrogen (secondary N) is 1. The van der Waals surface area contributed by atoms with Crippen molar-refractivity contribution >= 4 is 27.3 Å². The summed E-state index contributed by atoms with van der Waals surface area (Å²) in [4.78, 5) is 4.75. The average molecular weight is 615 g/mol. The second kappa shape index (κ2) is 11.7. The Hall–Kier alpha value is -4.94. The normalized spacial score (nSPS) is 12.3. The zero-order chi connectivity index (χ0) is 30.0. The molecule has 6 aromatic rings. The maximum Gasteiger partial charge on any atom is 0.229 e. The first-order valence-corrected chi connectivity index (χ1v) is 15.4. The minimum absolute atomic E-state index is 0.0259. The van der Waals surface area contributed by atoms with Gasteiger partial charge in [-0.15, -0.1) is 5.10 Å². The van der Waals surface area contributed by atoms with Crippen LogP contribution in [0.25, 0.3) is 27.9 Å². The number of nitrogens with zero attached hydrogens (tertiary/aromatic N) is 7. The maximum absolute atomic E-state index is 15.3. The van der Waals surface area contributed by atoms with Crippen LogP contribution in [0.5, 0.6) is 0 Å². The summed E-state index contributed by atoms with van der Waals surface area (Å²) >= 11 is 6.14. The van der Waals surface area contributed by atoms with Crippen molar-refractivity contribution in [3.63, 3.8) is 0 Å². The van der Waals surface area contributed by atoms with Gasteiger partial charge in [-0.25, -0.2) is 12.8 Å². The predicted molar refractivity (Wildman–Crippen MR) is 162 cm³/mol. The second-order valence-corrected chi connectivity index (χ2v) is 12.0. The molecular weight excluding hydrogens is 591 g/mol. The van der Waals surface area contributed by atoms with E-state index in [0.29, 0.717) is 23.4 Å². The van der Waals surface area contributed by atoms with Crippen molar-refractivity contribution in [1.82, 2.24) is 35.0 Å². The van der Waals surface area contributed by atoms with Crippen LogP contribution < -0.4 is 4.72 Å². The Kier molecular flexibility index (Phi) is 7.70. The van der Waals surface area contributed by atoms with E-state index in [0.717, 1.165) is 28.6 Å². The summed E-state index contributed by atoms with van der Waals surface area (Å²) in [6.07, 6.45) is 8.38. The van der Waals surface area contributed by atoms with Gasteiger partial charge >= 0.3 is 0 Å². The predicted octanol–water partition coefficient (Wildman–Crippen LogP) is 5.58. The number of sulfonamides is 1. The summed E-state index contributed by atoms with van der Waals surface area (Å²) in [6, 6.07) is 23.5. The molecule has 0 saturated heterocycles. The Morgan fingerprint density at radius 3 is 2.37 bits per heavy atom. The minimum Gasteiger partial charge on any atom is -0.284 e. The van der Waals surface area contributed by atoms with Crippen LogP contribution in [-0.4, -0.2) is 49.6 Å². The molecule has 3 aromatic carbocycles. The van der Waals surface area contributed by atoms with E-state index in [4.69, 9.17) is 16.6 Å². The lowest BCUT2D eigenvalue weighted by atomic mass is 10.0. The van der Waals surface area contributed by atoms with Gasteiger partial charge in [-0.2, -0.15) is 9.78 Å². The lowest BCUT2D eigenvalue weighted by Crippen LogP contribution is -2.15. The van der Waals surface area contributed by atoms with Crippen LogP contribution in [-0.2, 0) is 16.4 Å². The minimum atomic E-state index is -3.37. The van der Waals surface area contributed by atoms with E-state index in [1.165, 1.54) is 17.1 Å². The van der Waals surface area contributed by atoms with E-state index in [1.807, 2.05) is 59.4 Å². The Morgan fingerprint density at radius 1 is 0.930 bits per heavy atom. The molecule has 0 aliphatic rings. The molecule has 43 heavy (non-hydrogen) atoms. The molecule has 3 heterocycles. The topological polar surface area (TPSA) is 120 Å². The molecule has 0 radical (unpaired) electrons. The van der Waals surface area contributed by atoms with Crippen molar-refractivity contribution in [2.45, 2.75) is 12.5 Å². The van der Waals surface area contributed by atoms with Crippen LogP contribution in [0.4, 0.5) is 10.1 Å². The van der Waals surface area contributed by atoms with Crippen LogP contribution in [0.15, 0.2) is 104 Å². The molecule has 0 aliphatic heterocycles. The van der Waals surface area contributed by atoms with Gasteiger partial charge in [0.2, 0.25) is 10.0 Å². The summed E-state index contributed by atoms with van der Waals surface area (Å²) < 4.78 is 44.1. The summed E-state index contributed by atoms with van der Waals surface area (Å²) in [5, 5.41) is 15.9. The number of rotatable bonds is 9. The lowest BCUT2D eigenvalue weighted by Gasteiger charge is -2.18. The van der Waals surface area contributed by atoms with Crippen LogP contribution in [0.3, 0.4) is 0 Å². The number of benzene rings is 3. The van der Waals surface area contributed by atoms with Gasteiger partial charge in [-0.1, -0.05) is 60.1 Å². The number of anilines is 1. The molecule has 10 nitrogen and oxygen atoms in total. The number of tetrazole rings is 1. The Balaban J connectivity index is 1.35. The third kappa shape index (κ3) is 6.30. The third-order valence-electron chi connectivity index (χ3n) is 6.80. The molecule has 0 spiro atoms. The Labute approximate surface area is 251 Å². The fraction of sp³-hybridized carbons (Fsp3) is 0.100.